The van der Waals surface area contributed by atoms with E-state index in [1.807, 2.05) is 0 Å². The fraction of sp³-hybridized carbons (Fsp3) is 0.207. The van der Waals surface area contributed by atoms with Crippen molar-refractivity contribution in [1.82, 2.24) is 9.44 Å². The number of sulfonamides is 2. The number of carbonyl (C=O) groups is 1. The predicted octanol–water partition coefficient (Wildman–Crippen LogP) is 2.43. The van der Waals surface area contributed by atoms with E-state index < -0.39 is 78.8 Å². The predicted molar refractivity (Wildman–Crippen MR) is 189 cm³/mol. The molecule has 0 radical (unpaired) electrons. The summed E-state index contributed by atoms with van der Waals surface area (Å²) in [7, 11) is -15.7. The molecule has 0 fully saturated rings. The number of methoxy groups -OCH3 is 2. The van der Waals surface area contributed by atoms with Crippen LogP contribution in [0, 0.1) is 0 Å². The summed E-state index contributed by atoms with van der Waals surface area (Å²) in [6.45, 7) is -2.50. The van der Waals surface area contributed by atoms with Gasteiger partial charge in [-0.05, 0) is 47.9 Å². The van der Waals surface area contributed by atoms with Crippen molar-refractivity contribution in [3.8, 4) is 17.2 Å². The topological polar surface area (TPSA) is 312 Å². The third-order valence-corrected chi connectivity index (χ3v) is 10.8. The molecule has 0 unspecified atom stereocenters. The first-order valence-corrected chi connectivity index (χ1v) is 20.5. The number of amides is 1. The summed E-state index contributed by atoms with van der Waals surface area (Å²) >= 11 is 0. The number of anilines is 1. The van der Waals surface area contributed by atoms with Gasteiger partial charge in [-0.3, -0.25) is 13.9 Å². The Bertz CT molecular complexity index is 2530. The van der Waals surface area contributed by atoms with Crippen LogP contribution in [0.1, 0.15) is 10.4 Å². The third kappa shape index (κ3) is 11.1. The van der Waals surface area contributed by atoms with Crippen LogP contribution in [0.25, 0.3) is 10.8 Å². The molecule has 54 heavy (non-hydrogen) atoms. The van der Waals surface area contributed by atoms with Gasteiger partial charge in [0, 0.05) is 18.5 Å². The first-order chi connectivity index (χ1) is 25.2. The molecule has 4 aromatic carbocycles. The van der Waals surface area contributed by atoms with Crippen molar-refractivity contribution in [2.75, 3.05) is 45.8 Å². The van der Waals surface area contributed by atoms with Crippen LogP contribution < -0.4 is 24.2 Å². The van der Waals surface area contributed by atoms with E-state index in [0.717, 1.165) is 24.3 Å². The lowest BCUT2D eigenvalue weighted by molar-refractivity contribution is 0.102. The number of azo groups is 1. The molecular formula is C29H31N5O16S4. The van der Waals surface area contributed by atoms with Crippen molar-refractivity contribution in [2.24, 2.45) is 10.2 Å². The van der Waals surface area contributed by atoms with Gasteiger partial charge in [0.05, 0.1) is 48.5 Å². The molecule has 0 atom stereocenters. The maximum Gasteiger partial charge on any atom is 0.397 e. The maximum atomic E-state index is 13.6. The number of aromatic hydroxyl groups is 1. The number of ether oxygens (including phenoxy) is 2. The Morgan fingerprint density at radius 3 is 1.80 bits per heavy atom. The van der Waals surface area contributed by atoms with E-state index in [0.29, 0.717) is 10.8 Å². The highest BCUT2D eigenvalue weighted by atomic mass is 32.3. The number of hydrogen-bond acceptors (Lipinski definition) is 16. The van der Waals surface area contributed by atoms with Gasteiger partial charge in [-0.25, -0.2) is 34.6 Å². The van der Waals surface area contributed by atoms with E-state index in [4.69, 9.17) is 18.6 Å². The summed E-state index contributed by atoms with van der Waals surface area (Å²) in [6.07, 6.45) is 0. The largest absolute Gasteiger partial charge is 0.505 e. The minimum Gasteiger partial charge on any atom is -0.505 e. The molecule has 0 aliphatic carbocycles. The zero-order chi connectivity index (χ0) is 39.9. The molecule has 0 saturated heterocycles. The lowest BCUT2D eigenvalue weighted by Gasteiger charge is -2.15. The summed E-state index contributed by atoms with van der Waals surface area (Å²) in [5.41, 5.74) is -0.878. The molecule has 0 aromatic heterocycles. The lowest BCUT2D eigenvalue weighted by atomic mass is 10.0. The molecule has 292 valence electrons. The first-order valence-electron chi connectivity index (χ1n) is 14.8. The monoisotopic (exact) mass is 833 g/mol. The Morgan fingerprint density at radius 2 is 1.24 bits per heavy atom. The average Bonchev–Trinajstić information content (AvgIpc) is 3.10. The number of nitrogens with one attached hydrogen (secondary N) is 3. The quantitative estimate of drug-likeness (QED) is 0.0476. The van der Waals surface area contributed by atoms with Crippen LogP contribution in [0.4, 0.5) is 17.1 Å². The van der Waals surface area contributed by atoms with Gasteiger partial charge >= 0.3 is 20.8 Å². The summed E-state index contributed by atoms with van der Waals surface area (Å²) in [6, 6.07) is 14.6. The van der Waals surface area contributed by atoms with Crippen LogP contribution in [-0.2, 0) is 49.2 Å². The van der Waals surface area contributed by atoms with Crippen LogP contribution in [0.15, 0.2) is 86.7 Å². The zero-order valence-electron chi connectivity index (χ0n) is 27.9. The van der Waals surface area contributed by atoms with E-state index in [1.165, 1.54) is 32.4 Å². The van der Waals surface area contributed by atoms with E-state index in [-0.39, 0.29) is 43.9 Å². The second kappa shape index (κ2) is 17.1. The van der Waals surface area contributed by atoms with Crippen LogP contribution in [0.5, 0.6) is 17.2 Å². The summed E-state index contributed by atoms with van der Waals surface area (Å²) in [4.78, 5) is 12.9. The Kier molecular flexibility index (Phi) is 13.3. The number of phenolic OH excluding ortho intramolecular Hbond substituents is 1. The first kappa shape index (κ1) is 41.9. The number of carbonyl (C=O) groups excluding carboxylic acids is 1. The average molecular weight is 834 g/mol. The number of benzene rings is 4. The van der Waals surface area contributed by atoms with Gasteiger partial charge in [0.2, 0.25) is 20.0 Å². The molecule has 4 rings (SSSR count). The number of fused-ring (bicyclic) bond motifs is 1. The second-order valence-electron chi connectivity index (χ2n) is 10.5. The van der Waals surface area contributed by atoms with Gasteiger partial charge < -0.3 is 19.9 Å². The lowest BCUT2D eigenvalue weighted by Crippen LogP contribution is -2.28. The molecular weight excluding hydrogens is 803 g/mol. The second-order valence-corrected chi connectivity index (χ2v) is 16.2. The van der Waals surface area contributed by atoms with E-state index >= 15 is 0 Å². The van der Waals surface area contributed by atoms with E-state index in [1.54, 1.807) is 24.3 Å². The highest BCUT2D eigenvalue weighted by Gasteiger charge is 2.23. The van der Waals surface area contributed by atoms with Gasteiger partial charge in [-0.15, -0.1) is 10.2 Å². The molecule has 0 heterocycles. The SMILES string of the molecule is COc1ccc(S(=O)(=O)NCCOS(=O)(=O)O)cc1/N=N/c1c(O)c(C(=O)Nc2cc(S(=O)(=O)NCCOS(=O)(=O)O)ccc2OC)cc2ccccc12. The molecule has 0 saturated carbocycles. The summed E-state index contributed by atoms with van der Waals surface area (Å²) < 4.78 is 135. The van der Waals surface area contributed by atoms with Crippen LogP contribution in [0.3, 0.4) is 0 Å². The van der Waals surface area contributed by atoms with Crippen LogP contribution >= 0.6 is 0 Å². The van der Waals surface area contributed by atoms with Crippen molar-refractivity contribution in [3.63, 3.8) is 0 Å². The number of phenols is 1. The minimum atomic E-state index is -4.80. The standard InChI is InChI=1S/C29H31N5O16S4/c1-47-25-9-7-19(51(37,38)30-11-13-49-53(41,42)43)16-23(25)32-29(36)22-15-18-5-3-4-6-21(18)27(28(22)35)34-33-24-17-20(8-10-26(24)48-2)52(39,40)31-12-14-50-54(44,45)46/h3-10,15-17,30-31,35H,11-14H2,1-2H3,(H,32,36)(H,41,42,43)(H,44,45,46)/b34-33+. The van der Waals surface area contributed by atoms with Gasteiger partial charge in [-0.1, -0.05) is 24.3 Å². The molecule has 25 heteroatoms. The molecule has 0 aliphatic rings. The van der Waals surface area contributed by atoms with E-state index in [2.05, 4.69) is 33.4 Å². The fourth-order valence-electron chi connectivity index (χ4n) is 4.57. The fourth-order valence-corrected chi connectivity index (χ4v) is 7.22. The Morgan fingerprint density at radius 1 is 0.704 bits per heavy atom. The Labute approximate surface area is 308 Å². The number of rotatable bonds is 18. The maximum absolute atomic E-state index is 13.6. The van der Waals surface area contributed by atoms with Crippen molar-refractivity contribution in [1.29, 1.82) is 0 Å². The van der Waals surface area contributed by atoms with Gasteiger partial charge in [-0.2, -0.15) is 16.8 Å². The van der Waals surface area contributed by atoms with Crippen LogP contribution in [-0.4, -0.2) is 94.3 Å². The molecule has 6 N–H and O–H groups in total. The highest BCUT2D eigenvalue weighted by Crippen LogP contribution is 2.41. The van der Waals surface area contributed by atoms with Crippen molar-refractivity contribution >= 4 is 74.6 Å². The molecule has 21 nitrogen and oxygen atoms in total. The van der Waals surface area contributed by atoms with E-state index in [9.17, 15) is 43.6 Å². The molecule has 0 spiro atoms. The Hall–Kier alpha value is -4.83. The summed E-state index contributed by atoms with van der Waals surface area (Å²) in [5, 5.41) is 22.8. The van der Waals surface area contributed by atoms with Crippen LogP contribution in [0.2, 0.25) is 0 Å². The Balaban J connectivity index is 1.67. The van der Waals surface area contributed by atoms with Gasteiger partial charge in [0.25, 0.3) is 5.91 Å². The molecule has 4 aromatic rings. The van der Waals surface area contributed by atoms with Gasteiger partial charge in [0.15, 0.2) is 5.75 Å². The molecule has 0 bridgehead atoms. The minimum absolute atomic E-state index is 0.0135. The van der Waals surface area contributed by atoms with Gasteiger partial charge in [0.1, 0.15) is 22.9 Å². The van der Waals surface area contributed by atoms with Crippen molar-refractivity contribution in [3.05, 3.63) is 72.3 Å². The number of nitrogens with zero attached hydrogens (tertiary/aromatic N) is 2. The normalized spacial score (nSPS) is 12.6. The van der Waals surface area contributed by atoms with Crippen molar-refractivity contribution < 1.29 is 70.5 Å². The third-order valence-electron chi connectivity index (χ3n) is 6.94. The molecule has 0 aliphatic heterocycles. The zero-order valence-corrected chi connectivity index (χ0v) is 31.1. The summed E-state index contributed by atoms with van der Waals surface area (Å²) in [5.74, 6) is -1.57. The van der Waals surface area contributed by atoms with Crippen molar-refractivity contribution in [2.45, 2.75) is 9.79 Å². The smallest absolute Gasteiger partial charge is 0.397 e. The highest BCUT2D eigenvalue weighted by molar-refractivity contribution is 7.89. The number of hydrogen-bond donors (Lipinski definition) is 6. The molecule has 1 amide bonds.